The lowest BCUT2D eigenvalue weighted by molar-refractivity contribution is -0.277. The van der Waals surface area contributed by atoms with Crippen LogP contribution in [-0.4, -0.2) is 68.1 Å². The average molecular weight is 544 g/mol. The number of carbonyl (C=O) groups excluding carboxylic acids is 1. The van der Waals surface area contributed by atoms with Crippen LogP contribution in [0.1, 0.15) is 15.9 Å². The summed E-state index contributed by atoms with van der Waals surface area (Å²) < 4.78 is 13.2. The molecular formula is C27H23Cl2NO7. The Balaban J connectivity index is 1.62. The summed E-state index contributed by atoms with van der Waals surface area (Å²) in [5, 5.41) is 41.6. The Labute approximate surface area is 221 Å². The molecule has 5 atom stereocenters. The molecule has 0 spiro atoms. The van der Waals surface area contributed by atoms with Crippen LogP contribution in [0, 0.1) is 0 Å². The van der Waals surface area contributed by atoms with E-state index >= 15 is 0 Å². The van der Waals surface area contributed by atoms with Gasteiger partial charge in [0.25, 0.3) is 0 Å². The molecule has 3 aromatic carbocycles. The second kappa shape index (κ2) is 10.4. The first-order chi connectivity index (χ1) is 17.8. The molecule has 4 aromatic rings. The maximum absolute atomic E-state index is 13.4. The lowest BCUT2D eigenvalue weighted by Crippen LogP contribution is -2.60. The monoisotopic (exact) mass is 543 g/mol. The fraction of sp³-hybridized carbons (Fsp3) is 0.222. The Morgan fingerprint density at radius 2 is 1.62 bits per heavy atom. The van der Waals surface area contributed by atoms with Crippen molar-refractivity contribution in [2.24, 2.45) is 0 Å². The molecule has 0 amide bonds. The van der Waals surface area contributed by atoms with E-state index in [1.807, 2.05) is 6.07 Å². The molecule has 1 aliphatic heterocycles. The van der Waals surface area contributed by atoms with Gasteiger partial charge in [-0.05, 0) is 36.4 Å². The molecule has 2 heterocycles. The Bertz CT molecular complexity index is 1440. The molecule has 4 N–H and O–H groups in total. The van der Waals surface area contributed by atoms with Gasteiger partial charge >= 0.3 is 0 Å². The van der Waals surface area contributed by atoms with E-state index in [4.69, 9.17) is 32.7 Å². The van der Waals surface area contributed by atoms with E-state index in [2.05, 4.69) is 0 Å². The fourth-order valence-corrected chi connectivity index (χ4v) is 4.73. The molecule has 1 aromatic heterocycles. The molecule has 1 fully saturated rings. The van der Waals surface area contributed by atoms with Crippen molar-refractivity contribution in [2.45, 2.75) is 30.7 Å². The van der Waals surface area contributed by atoms with Gasteiger partial charge in [0.05, 0.1) is 24.0 Å². The maximum Gasteiger partial charge on any atom is 0.229 e. The molecule has 0 bridgehead atoms. The summed E-state index contributed by atoms with van der Waals surface area (Å²) in [6, 6.07) is 18.8. The van der Waals surface area contributed by atoms with E-state index in [9.17, 15) is 25.2 Å². The molecule has 0 radical (unpaired) electrons. The lowest BCUT2D eigenvalue weighted by atomic mass is 9.99. The van der Waals surface area contributed by atoms with Crippen LogP contribution in [0.3, 0.4) is 0 Å². The van der Waals surface area contributed by atoms with Crippen molar-refractivity contribution in [1.29, 1.82) is 0 Å². The predicted octanol–water partition coefficient (Wildman–Crippen LogP) is 3.35. The van der Waals surface area contributed by atoms with Crippen molar-refractivity contribution in [2.75, 3.05) is 6.61 Å². The van der Waals surface area contributed by atoms with Gasteiger partial charge in [0.2, 0.25) is 6.29 Å². The topological polar surface area (TPSA) is 121 Å². The van der Waals surface area contributed by atoms with Gasteiger partial charge in [0, 0.05) is 26.6 Å². The van der Waals surface area contributed by atoms with Gasteiger partial charge in [0.15, 0.2) is 5.78 Å². The van der Waals surface area contributed by atoms with Crippen LogP contribution < -0.4 is 4.74 Å². The summed E-state index contributed by atoms with van der Waals surface area (Å²) in [5.41, 5.74) is 1.93. The zero-order valence-corrected chi connectivity index (χ0v) is 20.8. The molecule has 192 valence electrons. The molecule has 8 nitrogen and oxygen atoms in total. The van der Waals surface area contributed by atoms with Gasteiger partial charge in [0.1, 0.15) is 30.2 Å². The highest BCUT2D eigenvalue weighted by atomic mass is 35.5. The minimum atomic E-state index is -1.60. The standard InChI is InChI=1S/C27H23Cl2NO7/c28-15-6-8-17-19(10-15)30(12-21(17)36-27-26(35)25(34)24(33)22(13-31)37-27)20-11-16(29)7-9-18(20)23(32)14-4-2-1-3-5-14/h1-12,22,24-27,31,33-35H,13H2/t22-,24+,25+,26-,27+/m1/s1. The summed E-state index contributed by atoms with van der Waals surface area (Å²) in [7, 11) is 0. The third-order valence-electron chi connectivity index (χ3n) is 6.32. The Morgan fingerprint density at radius 3 is 2.35 bits per heavy atom. The van der Waals surface area contributed by atoms with E-state index < -0.39 is 37.3 Å². The third-order valence-corrected chi connectivity index (χ3v) is 6.79. The fourth-order valence-electron chi connectivity index (χ4n) is 4.39. The summed E-state index contributed by atoms with van der Waals surface area (Å²) in [6.45, 7) is -0.588. The van der Waals surface area contributed by atoms with Gasteiger partial charge in [-0.3, -0.25) is 4.79 Å². The summed E-state index contributed by atoms with van der Waals surface area (Å²) >= 11 is 12.6. The molecule has 1 saturated heterocycles. The smallest absolute Gasteiger partial charge is 0.229 e. The molecule has 10 heteroatoms. The normalized spacial score (nSPS) is 23.8. The highest BCUT2D eigenvalue weighted by Crippen LogP contribution is 2.36. The zero-order chi connectivity index (χ0) is 26.3. The summed E-state index contributed by atoms with van der Waals surface area (Å²) in [6.07, 6.45) is -5.63. The van der Waals surface area contributed by atoms with Crippen LogP contribution in [0.4, 0.5) is 0 Å². The first-order valence-electron chi connectivity index (χ1n) is 11.5. The summed E-state index contributed by atoms with van der Waals surface area (Å²) in [4.78, 5) is 13.4. The highest BCUT2D eigenvalue weighted by molar-refractivity contribution is 6.31. The first kappa shape index (κ1) is 25.7. The van der Waals surface area contributed by atoms with Gasteiger partial charge in [-0.25, -0.2) is 0 Å². The number of aliphatic hydroxyl groups is 4. The van der Waals surface area contributed by atoms with E-state index in [0.29, 0.717) is 37.8 Å². The number of ether oxygens (including phenoxy) is 2. The van der Waals surface area contributed by atoms with Gasteiger partial charge in [-0.1, -0.05) is 53.5 Å². The number of rotatable bonds is 6. The van der Waals surface area contributed by atoms with Crippen molar-refractivity contribution in [3.63, 3.8) is 0 Å². The zero-order valence-electron chi connectivity index (χ0n) is 19.2. The number of aliphatic hydroxyl groups excluding tert-OH is 4. The van der Waals surface area contributed by atoms with Crippen molar-refractivity contribution in [3.05, 3.63) is 94.1 Å². The van der Waals surface area contributed by atoms with Crippen molar-refractivity contribution in [1.82, 2.24) is 4.57 Å². The summed E-state index contributed by atoms with van der Waals surface area (Å²) in [5.74, 6) is 0.0293. The number of aromatic nitrogens is 1. The Kier molecular flexibility index (Phi) is 7.24. The van der Waals surface area contributed by atoms with E-state index in [0.717, 1.165) is 0 Å². The Morgan fingerprint density at radius 1 is 0.919 bits per heavy atom. The molecule has 1 aliphatic rings. The van der Waals surface area contributed by atoms with Gasteiger partial charge < -0.3 is 34.5 Å². The molecule has 37 heavy (non-hydrogen) atoms. The first-order valence-corrected chi connectivity index (χ1v) is 12.2. The van der Waals surface area contributed by atoms with Crippen LogP contribution >= 0.6 is 23.2 Å². The quantitative estimate of drug-likeness (QED) is 0.275. The van der Waals surface area contributed by atoms with Crippen molar-refractivity contribution < 1.29 is 34.7 Å². The van der Waals surface area contributed by atoms with E-state index in [1.54, 1.807) is 71.4 Å². The molecular weight excluding hydrogens is 521 g/mol. The predicted molar refractivity (Wildman–Crippen MR) is 138 cm³/mol. The number of hydrogen-bond acceptors (Lipinski definition) is 7. The van der Waals surface area contributed by atoms with Crippen molar-refractivity contribution >= 4 is 39.9 Å². The maximum atomic E-state index is 13.4. The average Bonchev–Trinajstić information content (AvgIpc) is 3.26. The number of benzene rings is 3. The van der Waals surface area contributed by atoms with Crippen molar-refractivity contribution in [3.8, 4) is 11.4 Å². The molecule has 0 saturated carbocycles. The van der Waals surface area contributed by atoms with Crippen LogP contribution in [-0.2, 0) is 4.74 Å². The highest BCUT2D eigenvalue weighted by Gasteiger charge is 2.45. The second-order valence-corrected chi connectivity index (χ2v) is 9.57. The Hall–Kier alpha value is -2.95. The number of nitrogens with zero attached hydrogens (tertiary/aromatic N) is 1. The number of ketones is 1. The second-order valence-electron chi connectivity index (χ2n) is 8.70. The lowest BCUT2D eigenvalue weighted by Gasteiger charge is -2.39. The SMILES string of the molecule is O=C(c1ccccc1)c1ccc(Cl)cc1-n1cc(O[C@H]2O[C@H](CO)[C@H](O)[C@H](O)[C@H]2O)c2ccc(Cl)cc21. The number of halogens is 2. The van der Waals surface area contributed by atoms with Crippen LogP contribution in [0.25, 0.3) is 16.6 Å². The number of fused-ring (bicyclic) bond motifs is 1. The van der Waals surface area contributed by atoms with Crippen LogP contribution in [0.2, 0.25) is 10.0 Å². The molecule has 0 aliphatic carbocycles. The minimum Gasteiger partial charge on any atom is -0.460 e. The molecule has 0 unspecified atom stereocenters. The third kappa shape index (κ3) is 4.85. The van der Waals surface area contributed by atoms with E-state index in [-0.39, 0.29) is 11.5 Å². The number of carbonyl (C=O) groups is 1. The van der Waals surface area contributed by atoms with E-state index in [1.165, 1.54) is 0 Å². The number of hydrogen-bond donors (Lipinski definition) is 4. The largest absolute Gasteiger partial charge is 0.460 e. The minimum absolute atomic E-state index is 0.215. The van der Waals surface area contributed by atoms with Gasteiger partial charge in [-0.15, -0.1) is 0 Å². The molecule has 5 rings (SSSR count). The van der Waals surface area contributed by atoms with Crippen LogP contribution in [0.15, 0.2) is 72.9 Å². The van der Waals surface area contributed by atoms with Gasteiger partial charge in [-0.2, -0.15) is 0 Å². The van der Waals surface area contributed by atoms with Crippen LogP contribution in [0.5, 0.6) is 5.75 Å².